The largest absolute Gasteiger partial charge is 0.465 e. The van der Waals surface area contributed by atoms with Crippen LogP contribution >= 0.6 is 0 Å². The van der Waals surface area contributed by atoms with Crippen LogP contribution in [0.2, 0.25) is 0 Å². The Hall–Kier alpha value is -2.14. The molecule has 0 radical (unpaired) electrons. The highest BCUT2D eigenvalue weighted by Crippen LogP contribution is 2.40. The molecule has 1 aliphatic carbocycles. The molecule has 1 aliphatic rings. The van der Waals surface area contributed by atoms with Crippen molar-refractivity contribution in [1.29, 1.82) is 0 Å². The number of nitrogens with zero attached hydrogens (tertiary/aromatic N) is 1. The molecule has 1 N–H and O–H groups in total. The predicted octanol–water partition coefficient (Wildman–Crippen LogP) is 3.59. The summed E-state index contributed by atoms with van der Waals surface area (Å²) >= 11 is 0. The third-order valence-corrected chi connectivity index (χ3v) is 4.60. The van der Waals surface area contributed by atoms with Crippen LogP contribution < -0.4 is 0 Å². The lowest BCUT2D eigenvalue weighted by atomic mass is 9.77. The van der Waals surface area contributed by atoms with Crippen molar-refractivity contribution in [3.05, 3.63) is 40.7 Å². The first-order chi connectivity index (χ1) is 11.1. The van der Waals surface area contributed by atoms with Crippen LogP contribution in [0, 0.1) is 6.92 Å². The first-order valence-corrected chi connectivity index (χ1v) is 7.90. The van der Waals surface area contributed by atoms with Gasteiger partial charge in [-0.15, -0.1) is 0 Å². The van der Waals surface area contributed by atoms with Crippen molar-refractivity contribution < 1.29 is 14.3 Å². The number of hydrogen-bond acceptors (Lipinski definition) is 4. The Kier molecular flexibility index (Phi) is 4.48. The van der Waals surface area contributed by atoms with E-state index in [9.17, 15) is 4.79 Å². The summed E-state index contributed by atoms with van der Waals surface area (Å²) in [5.74, 6) is 0.989. The molecule has 23 heavy (non-hydrogen) atoms. The maximum atomic E-state index is 12.1. The van der Waals surface area contributed by atoms with Crippen molar-refractivity contribution in [2.24, 2.45) is 0 Å². The fourth-order valence-electron chi connectivity index (χ4n) is 3.07. The van der Waals surface area contributed by atoms with Gasteiger partial charge in [-0.3, -0.25) is 0 Å². The highest BCUT2D eigenvalue weighted by Gasteiger charge is 2.25. The van der Waals surface area contributed by atoms with Gasteiger partial charge >= 0.3 is 5.97 Å². The second-order valence-electron chi connectivity index (χ2n) is 6.05. The van der Waals surface area contributed by atoms with Crippen LogP contribution in [0.4, 0.5) is 0 Å². The van der Waals surface area contributed by atoms with Crippen LogP contribution in [0.5, 0.6) is 0 Å². The van der Waals surface area contributed by atoms with E-state index < -0.39 is 0 Å². The van der Waals surface area contributed by atoms with Gasteiger partial charge in [0.15, 0.2) is 0 Å². The van der Waals surface area contributed by atoms with Gasteiger partial charge in [-0.05, 0) is 48.9 Å². The lowest BCUT2D eigenvalue weighted by Gasteiger charge is -2.28. The SMILES string of the molecule is COCc1cnc(-c2cc(C(=O)OC)c(C)c(C3CCC3)c2)[nH]1. The van der Waals surface area contributed by atoms with Crippen LogP contribution in [0.3, 0.4) is 0 Å². The van der Waals surface area contributed by atoms with Crippen LogP contribution in [-0.4, -0.2) is 30.2 Å². The quantitative estimate of drug-likeness (QED) is 0.857. The molecular weight excluding hydrogens is 292 g/mol. The second-order valence-corrected chi connectivity index (χ2v) is 6.05. The molecule has 1 aromatic carbocycles. The molecular formula is C18H22N2O3. The molecule has 0 aliphatic heterocycles. The summed E-state index contributed by atoms with van der Waals surface area (Å²) in [6.45, 7) is 2.49. The number of H-pyrrole nitrogens is 1. The summed E-state index contributed by atoms with van der Waals surface area (Å²) in [6.07, 6.45) is 5.37. The minimum Gasteiger partial charge on any atom is -0.465 e. The van der Waals surface area contributed by atoms with E-state index in [0.29, 0.717) is 18.1 Å². The molecule has 122 valence electrons. The number of aromatic nitrogens is 2. The van der Waals surface area contributed by atoms with Crippen molar-refractivity contribution in [2.75, 3.05) is 14.2 Å². The number of esters is 1. The normalized spacial score (nSPS) is 14.6. The minimum atomic E-state index is -0.298. The summed E-state index contributed by atoms with van der Waals surface area (Å²) in [6, 6.07) is 4.01. The van der Waals surface area contributed by atoms with Crippen molar-refractivity contribution in [2.45, 2.75) is 38.7 Å². The maximum absolute atomic E-state index is 12.1. The monoisotopic (exact) mass is 314 g/mol. The summed E-state index contributed by atoms with van der Waals surface area (Å²) < 4.78 is 10.1. The summed E-state index contributed by atoms with van der Waals surface area (Å²) in [4.78, 5) is 19.8. The van der Waals surface area contributed by atoms with E-state index in [0.717, 1.165) is 22.6 Å². The molecule has 2 aromatic rings. The highest BCUT2D eigenvalue weighted by atomic mass is 16.5. The lowest BCUT2D eigenvalue weighted by Crippen LogP contribution is -2.14. The average molecular weight is 314 g/mol. The molecule has 1 aromatic heterocycles. The van der Waals surface area contributed by atoms with Crippen molar-refractivity contribution in [1.82, 2.24) is 9.97 Å². The first-order valence-electron chi connectivity index (χ1n) is 7.90. The third-order valence-electron chi connectivity index (χ3n) is 4.60. The number of methoxy groups -OCH3 is 2. The van der Waals surface area contributed by atoms with Gasteiger partial charge in [0.2, 0.25) is 0 Å². The molecule has 0 amide bonds. The molecule has 0 bridgehead atoms. The van der Waals surface area contributed by atoms with Crippen LogP contribution in [0.25, 0.3) is 11.4 Å². The number of rotatable bonds is 5. The predicted molar refractivity (Wildman–Crippen MR) is 87.4 cm³/mol. The number of nitrogens with one attached hydrogen (secondary N) is 1. The summed E-state index contributed by atoms with van der Waals surface area (Å²) in [7, 11) is 3.07. The molecule has 3 rings (SSSR count). The van der Waals surface area contributed by atoms with Gasteiger partial charge in [0.25, 0.3) is 0 Å². The summed E-state index contributed by atoms with van der Waals surface area (Å²) in [5.41, 5.74) is 4.71. The smallest absolute Gasteiger partial charge is 0.338 e. The molecule has 0 spiro atoms. The van der Waals surface area contributed by atoms with E-state index in [4.69, 9.17) is 9.47 Å². The van der Waals surface area contributed by atoms with Gasteiger partial charge in [0.1, 0.15) is 5.82 Å². The standard InChI is InChI=1S/C18H22N2O3/c1-11-15(12-5-4-6-12)7-13(8-16(11)18(21)23-3)17-19-9-14(20-17)10-22-2/h7-9,12H,4-6,10H2,1-3H3,(H,19,20). The van der Waals surface area contributed by atoms with Crippen molar-refractivity contribution >= 4 is 5.97 Å². The Morgan fingerprint density at radius 2 is 2.13 bits per heavy atom. The zero-order valence-electron chi connectivity index (χ0n) is 13.8. The first kappa shape index (κ1) is 15.7. The Morgan fingerprint density at radius 1 is 1.35 bits per heavy atom. The number of aromatic amines is 1. The molecule has 0 unspecified atom stereocenters. The van der Waals surface area contributed by atoms with Gasteiger partial charge in [-0.2, -0.15) is 0 Å². The van der Waals surface area contributed by atoms with Gasteiger partial charge in [-0.25, -0.2) is 9.78 Å². The Morgan fingerprint density at radius 3 is 2.74 bits per heavy atom. The molecule has 1 fully saturated rings. The topological polar surface area (TPSA) is 64.2 Å². The van der Waals surface area contributed by atoms with E-state index in [2.05, 4.69) is 16.0 Å². The van der Waals surface area contributed by atoms with E-state index in [-0.39, 0.29) is 5.97 Å². The van der Waals surface area contributed by atoms with Gasteiger partial charge in [-0.1, -0.05) is 6.42 Å². The third kappa shape index (κ3) is 3.01. The fraction of sp³-hybridized carbons (Fsp3) is 0.444. The molecule has 1 heterocycles. The van der Waals surface area contributed by atoms with Gasteiger partial charge in [0.05, 0.1) is 31.2 Å². The van der Waals surface area contributed by atoms with Gasteiger partial charge in [0, 0.05) is 12.7 Å². The number of carbonyl (C=O) groups excluding carboxylic acids is 1. The molecule has 5 nitrogen and oxygen atoms in total. The Bertz CT molecular complexity index is 717. The number of hydrogen-bond donors (Lipinski definition) is 1. The Balaban J connectivity index is 2.06. The van der Waals surface area contributed by atoms with E-state index in [1.54, 1.807) is 13.3 Å². The number of benzene rings is 1. The van der Waals surface area contributed by atoms with Crippen LogP contribution in [-0.2, 0) is 16.1 Å². The van der Waals surface area contributed by atoms with Crippen LogP contribution in [0.15, 0.2) is 18.3 Å². The lowest BCUT2D eigenvalue weighted by molar-refractivity contribution is 0.0599. The van der Waals surface area contributed by atoms with Gasteiger partial charge < -0.3 is 14.5 Å². The minimum absolute atomic E-state index is 0.298. The zero-order valence-corrected chi connectivity index (χ0v) is 13.8. The van der Waals surface area contributed by atoms with E-state index in [1.165, 1.54) is 31.9 Å². The molecule has 1 saturated carbocycles. The average Bonchev–Trinajstić information content (AvgIpc) is 2.95. The summed E-state index contributed by atoms with van der Waals surface area (Å²) in [5, 5.41) is 0. The number of ether oxygens (including phenoxy) is 2. The van der Waals surface area contributed by atoms with Crippen LogP contribution in [0.1, 0.15) is 52.4 Å². The van der Waals surface area contributed by atoms with E-state index >= 15 is 0 Å². The zero-order chi connectivity index (χ0) is 16.4. The van der Waals surface area contributed by atoms with Crippen molar-refractivity contribution in [3.63, 3.8) is 0 Å². The fourth-order valence-corrected chi connectivity index (χ4v) is 3.07. The number of carbonyl (C=O) groups is 1. The van der Waals surface area contributed by atoms with E-state index in [1.807, 2.05) is 13.0 Å². The molecule has 0 atom stereocenters. The van der Waals surface area contributed by atoms with Crippen molar-refractivity contribution in [3.8, 4) is 11.4 Å². The highest BCUT2D eigenvalue weighted by molar-refractivity contribution is 5.93. The Labute approximate surface area is 136 Å². The molecule has 0 saturated heterocycles. The second kappa shape index (κ2) is 6.54. The maximum Gasteiger partial charge on any atom is 0.338 e. The molecule has 5 heteroatoms. The number of imidazole rings is 1.